The van der Waals surface area contributed by atoms with Gasteiger partial charge in [-0.3, -0.25) is 4.79 Å². The van der Waals surface area contributed by atoms with Gasteiger partial charge in [-0.25, -0.2) is 8.42 Å². The fraction of sp³-hybridized carbons (Fsp3) is 0.250. The van der Waals surface area contributed by atoms with Crippen LogP contribution in [0.4, 0.5) is 0 Å². The molecule has 0 atom stereocenters. The lowest BCUT2D eigenvalue weighted by atomic mass is 10.2. The number of sulfonamides is 1. The molecule has 9 heteroatoms. The summed E-state index contributed by atoms with van der Waals surface area (Å²) in [7, 11) is -2.21. The summed E-state index contributed by atoms with van der Waals surface area (Å²) in [5.74, 6) is 0.486. The number of para-hydroxylation sites is 1. The predicted molar refractivity (Wildman–Crippen MR) is 114 cm³/mol. The highest BCUT2D eigenvalue weighted by molar-refractivity contribution is 7.89. The van der Waals surface area contributed by atoms with Crippen LogP contribution in [0, 0.1) is 0 Å². The highest BCUT2D eigenvalue weighted by Crippen LogP contribution is 2.28. The van der Waals surface area contributed by atoms with Crippen LogP contribution in [0.5, 0.6) is 5.75 Å². The summed E-state index contributed by atoms with van der Waals surface area (Å²) in [4.78, 5) is 14.1. The van der Waals surface area contributed by atoms with E-state index in [1.165, 1.54) is 28.6 Å². The second-order valence-corrected chi connectivity index (χ2v) is 9.13. The number of piperazine rings is 1. The average molecular weight is 455 g/mol. The van der Waals surface area contributed by atoms with Crippen LogP contribution in [0.15, 0.2) is 53.4 Å². The standard InChI is InChI=1S/C20H20Cl2N2O4S/c1-28-18-5-3-2-4-15(18)6-9-20(25)23-10-12-24(13-11-23)29(26,27)19-14-16(21)7-8-17(19)22/h2-9,14H,10-13H2,1H3/b9-6+. The summed E-state index contributed by atoms with van der Waals surface area (Å²) in [6.07, 6.45) is 3.16. The lowest BCUT2D eigenvalue weighted by molar-refractivity contribution is -0.127. The number of halogens is 2. The van der Waals surface area contributed by atoms with Gasteiger partial charge in [0.1, 0.15) is 10.6 Å². The molecule has 0 saturated carbocycles. The van der Waals surface area contributed by atoms with Gasteiger partial charge in [-0.15, -0.1) is 0 Å². The van der Waals surface area contributed by atoms with Crippen molar-refractivity contribution >= 4 is 45.2 Å². The quantitative estimate of drug-likeness (QED) is 0.647. The van der Waals surface area contributed by atoms with E-state index in [-0.39, 0.29) is 42.0 Å². The van der Waals surface area contributed by atoms with Crippen molar-refractivity contribution in [3.8, 4) is 5.75 Å². The van der Waals surface area contributed by atoms with E-state index in [9.17, 15) is 13.2 Å². The monoisotopic (exact) mass is 454 g/mol. The third kappa shape index (κ3) is 4.93. The number of hydrogen-bond donors (Lipinski definition) is 0. The van der Waals surface area contributed by atoms with Crippen LogP contribution < -0.4 is 4.74 Å². The molecule has 1 amide bonds. The van der Waals surface area contributed by atoms with Crippen molar-refractivity contribution in [2.24, 2.45) is 0 Å². The topological polar surface area (TPSA) is 66.9 Å². The Balaban J connectivity index is 1.66. The molecule has 29 heavy (non-hydrogen) atoms. The number of methoxy groups -OCH3 is 1. The van der Waals surface area contributed by atoms with Gasteiger partial charge in [0.05, 0.1) is 12.1 Å². The largest absolute Gasteiger partial charge is 0.496 e. The van der Waals surface area contributed by atoms with Gasteiger partial charge in [-0.2, -0.15) is 4.31 Å². The number of hydrogen-bond acceptors (Lipinski definition) is 4. The Morgan fingerprint density at radius 1 is 1.07 bits per heavy atom. The van der Waals surface area contributed by atoms with E-state index >= 15 is 0 Å². The lowest BCUT2D eigenvalue weighted by Gasteiger charge is -2.33. The van der Waals surface area contributed by atoms with Crippen molar-refractivity contribution in [3.05, 3.63) is 64.1 Å². The maximum Gasteiger partial charge on any atom is 0.246 e. The van der Waals surface area contributed by atoms with Crippen molar-refractivity contribution in [2.45, 2.75) is 4.90 Å². The Morgan fingerprint density at radius 2 is 1.76 bits per heavy atom. The number of ether oxygens (including phenoxy) is 1. The van der Waals surface area contributed by atoms with Gasteiger partial charge in [0.15, 0.2) is 0 Å². The Hall–Kier alpha value is -2.06. The van der Waals surface area contributed by atoms with Gasteiger partial charge in [0.2, 0.25) is 15.9 Å². The first-order valence-electron chi connectivity index (χ1n) is 8.88. The zero-order valence-corrected chi connectivity index (χ0v) is 18.0. The van der Waals surface area contributed by atoms with E-state index in [0.717, 1.165) is 5.56 Å². The summed E-state index contributed by atoms with van der Waals surface area (Å²) in [6, 6.07) is 11.7. The molecular formula is C20H20Cl2N2O4S. The fourth-order valence-corrected chi connectivity index (χ4v) is 5.19. The second kappa shape index (κ2) is 9.17. The van der Waals surface area contributed by atoms with Crippen molar-refractivity contribution in [3.63, 3.8) is 0 Å². The van der Waals surface area contributed by atoms with Crippen LogP contribution in [0.2, 0.25) is 10.0 Å². The highest BCUT2D eigenvalue weighted by Gasteiger charge is 2.31. The van der Waals surface area contributed by atoms with Crippen molar-refractivity contribution in [2.75, 3.05) is 33.3 Å². The molecule has 0 unspecified atom stereocenters. The molecule has 3 rings (SSSR count). The van der Waals surface area contributed by atoms with E-state index in [1.807, 2.05) is 24.3 Å². The summed E-state index contributed by atoms with van der Waals surface area (Å²) in [6.45, 7) is 0.928. The summed E-state index contributed by atoms with van der Waals surface area (Å²) >= 11 is 12.0. The van der Waals surface area contributed by atoms with Gasteiger partial charge < -0.3 is 9.64 Å². The molecule has 154 valence electrons. The molecule has 1 saturated heterocycles. The smallest absolute Gasteiger partial charge is 0.246 e. The molecule has 2 aromatic rings. The molecule has 1 fully saturated rings. The lowest BCUT2D eigenvalue weighted by Crippen LogP contribution is -2.50. The minimum absolute atomic E-state index is 0.0255. The predicted octanol–water partition coefficient (Wildman–Crippen LogP) is 3.55. The molecule has 6 nitrogen and oxygen atoms in total. The van der Waals surface area contributed by atoms with E-state index in [2.05, 4.69) is 0 Å². The molecule has 1 aliphatic rings. The third-order valence-corrected chi connectivity index (χ3v) is 7.22. The van der Waals surface area contributed by atoms with Crippen LogP contribution in [-0.4, -0.2) is 56.8 Å². The molecule has 1 aliphatic heterocycles. The van der Waals surface area contributed by atoms with Gasteiger partial charge >= 0.3 is 0 Å². The van der Waals surface area contributed by atoms with E-state index in [4.69, 9.17) is 27.9 Å². The van der Waals surface area contributed by atoms with E-state index < -0.39 is 10.0 Å². The summed E-state index contributed by atoms with van der Waals surface area (Å²) in [5.41, 5.74) is 0.792. The van der Waals surface area contributed by atoms with Crippen LogP contribution in [0.1, 0.15) is 5.56 Å². The molecule has 0 aliphatic carbocycles. The van der Waals surface area contributed by atoms with E-state index in [1.54, 1.807) is 18.1 Å². The van der Waals surface area contributed by atoms with Gasteiger partial charge in [0, 0.05) is 42.8 Å². The second-order valence-electron chi connectivity index (χ2n) is 6.38. The Bertz CT molecular complexity index is 1030. The van der Waals surface area contributed by atoms with Gasteiger partial charge in [-0.05, 0) is 30.3 Å². The Kier molecular flexibility index (Phi) is 6.85. The normalized spacial score (nSPS) is 15.6. The fourth-order valence-electron chi connectivity index (χ4n) is 3.03. The first-order chi connectivity index (χ1) is 13.8. The van der Waals surface area contributed by atoms with Crippen molar-refractivity contribution in [1.29, 1.82) is 0 Å². The first kappa shape index (κ1) is 21.6. The van der Waals surface area contributed by atoms with Gasteiger partial charge in [0.25, 0.3) is 0 Å². The zero-order chi connectivity index (χ0) is 21.0. The maximum atomic E-state index is 12.9. The number of benzene rings is 2. The SMILES string of the molecule is COc1ccccc1/C=C/C(=O)N1CCN(S(=O)(=O)c2cc(Cl)ccc2Cl)CC1. The van der Waals surface area contributed by atoms with Crippen LogP contribution in [0.3, 0.4) is 0 Å². The number of amides is 1. The Morgan fingerprint density at radius 3 is 2.45 bits per heavy atom. The number of carbonyl (C=O) groups is 1. The molecule has 0 N–H and O–H groups in total. The highest BCUT2D eigenvalue weighted by atomic mass is 35.5. The maximum absolute atomic E-state index is 12.9. The molecule has 0 bridgehead atoms. The minimum Gasteiger partial charge on any atom is -0.496 e. The Labute approximate surface area is 180 Å². The molecule has 1 heterocycles. The number of nitrogens with zero attached hydrogens (tertiary/aromatic N) is 2. The molecule has 0 aromatic heterocycles. The number of rotatable bonds is 5. The number of carbonyl (C=O) groups excluding carboxylic acids is 1. The van der Waals surface area contributed by atoms with Crippen LogP contribution in [-0.2, 0) is 14.8 Å². The molecule has 0 spiro atoms. The zero-order valence-electron chi connectivity index (χ0n) is 15.7. The minimum atomic E-state index is -3.78. The average Bonchev–Trinajstić information content (AvgIpc) is 2.73. The van der Waals surface area contributed by atoms with Gasteiger partial charge in [-0.1, -0.05) is 41.4 Å². The first-order valence-corrected chi connectivity index (χ1v) is 11.1. The van der Waals surface area contributed by atoms with E-state index in [0.29, 0.717) is 10.8 Å². The molecule has 0 radical (unpaired) electrons. The summed E-state index contributed by atoms with van der Waals surface area (Å²) in [5, 5.41) is 0.413. The molecular weight excluding hydrogens is 435 g/mol. The van der Waals surface area contributed by atoms with Crippen LogP contribution in [0.25, 0.3) is 6.08 Å². The van der Waals surface area contributed by atoms with Crippen molar-refractivity contribution in [1.82, 2.24) is 9.21 Å². The molecule has 2 aromatic carbocycles. The van der Waals surface area contributed by atoms with Crippen LogP contribution >= 0.6 is 23.2 Å². The van der Waals surface area contributed by atoms with Crippen molar-refractivity contribution < 1.29 is 17.9 Å². The third-order valence-electron chi connectivity index (χ3n) is 4.61. The summed E-state index contributed by atoms with van der Waals surface area (Å²) < 4.78 is 32.3.